The number of amides is 1. The minimum Gasteiger partial charge on any atom is -0.457 e. The number of ether oxygens (including phenoxy) is 2. The van der Waals surface area contributed by atoms with Gasteiger partial charge in [-0.25, -0.2) is 4.79 Å². The van der Waals surface area contributed by atoms with Crippen LogP contribution >= 0.6 is 0 Å². The molecule has 0 heterocycles. The van der Waals surface area contributed by atoms with Gasteiger partial charge in [0.1, 0.15) is 17.0 Å². The molecular formula is C23H24N2O4. The summed E-state index contributed by atoms with van der Waals surface area (Å²) < 4.78 is 11.0. The zero-order chi connectivity index (χ0) is 20.7. The quantitative estimate of drug-likeness (QED) is 0.738. The molecule has 6 heteroatoms. The summed E-state index contributed by atoms with van der Waals surface area (Å²) in [5.41, 5.74) is -0.537. The van der Waals surface area contributed by atoms with Crippen LogP contribution in [0.5, 0.6) is 11.5 Å². The summed E-state index contributed by atoms with van der Waals surface area (Å²) in [6.07, 6.45) is 3.12. The fourth-order valence-corrected chi connectivity index (χ4v) is 3.32. The zero-order valence-electron chi connectivity index (χ0n) is 16.4. The fraction of sp³-hybridized carbons (Fsp3) is 0.348. The van der Waals surface area contributed by atoms with Gasteiger partial charge in [0.2, 0.25) is 0 Å². The molecule has 2 aromatic rings. The van der Waals surface area contributed by atoms with Crippen molar-refractivity contribution in [3.05, 3.63) is 60.2 Å². The van der Waals surface area contributed by atoms with Crippen molar-refractivity contribution < 1.29 is 19.1 Å². The summed E-state index contributed by atoms with van der Waals surface area (Å²) in [4.78, 5) is 24.8. The van der Waals surface area contributed by atoms with Crippen molar-refractivity contribution in [2.75, 3.05) is 0 Å². The molecule has 1 saturated carbocycles. The van der Waals surface area contributed by atoms with Crippen LogP contribution in [0.25, 0.3) is 0 Å². The highest BCUT2D eigenvalue weighted by molar-refractivity contribution is 5.92. The predicted molar refractivity (Wildman–Crippen MR) is 107 cm³/mol. The van der Waals surface area contributed by atoms with Gasteiger partial charge in [-0.1, -0.05) is 37.5 Å². The van der Waals surface area contributed by atoms with E-state index < -0.39 is 23.5 Å². The van der Waals surface area contributed by atoms with Gasteiger partial charge >= 0.3 is 5.97 Å². The molecule has 1 aliphatic carbocycles. The number of esters is 1. The molecular weight excluding hydrogens is 368 g/mol. The second kappa shape index (κ2) is 9.24. The van der Waals surface area contributed by atoms with Crippen LogP contribution in [0.3, 0.4) is 0 Å². The Balaban J connectivity index is 1.56. The number of hydrogen-bond acceptors (Lipinski definition) is 5. The normalized spacial score (nSPS) is 16.1. The van der Waals surface area contributed by atoms with E-state index in [0.29, 0.717) is 29.9 Å². The van der Waals surface area contributed by atoms with E-state index in [0.717, 1.165) is 19.3 Å². The SMILES string of the molecule is CC(OC(=O)c1ccc(Oc2ccccc2)cc1)C(=O)NC1(C#N)CCCCC1. The largest absolute Gasteiger partial charge is 0.457 e. The van der Waals surface area contributed by atoms with Crippen LogP contribution in [-0.2, 0) is 9.53 Å². The second-order valence-electron chi connectivity index (χ2n) is 7.23. The summed E-state index contributed by atoms with van der Waals surface area (Å²) in [6, 6.07) is 18.1. The minimum atomic E-state index is -0.991. The Morgan fingerprint density at radius 2 is 1.62 bits per heavy atom. The lowest BCUT2D eigenvalue weighted by Crippen LogP contribution is -2.52. The molecule has 1 atom stereocenters. The lowest BCUT2D eigenvalue weighted by atomic mass is 9.83. The van der Waals surface area contributed by atoms with Crippen molar-refractivity contribution in [1.29, 1.82) is 5.26 Å². The molecule has 1 unspecified atom stereocenters. The molecule has 0 radical (unpaired) electrons. The third-order valence-corrected chi connectivity index (χ3v) is 5.01. The summed E-state index contributed by atoms with van der Waals surface area (Å²) in [5, 5.41) is 12.3. The van der Waals surface area contributed by atoms with Gasteiger partial charge < -0.3 is 14.8 Å². The highest BCUT2D eigenvalue weighted by Crippen LogP contribution is 2.28. The molecule has 1 aliphatic rings. The maximum atomic E-state index is 12.4. The van der Waals surface area contributed by atoms with Crippen molar-refractivity contribution in [1.82, 2.24) is 5.32 Å². The molecule has 150 valence electrons. The number of benzene rings is 2. The van der Waals surface area contributed by atoms with E-state index in [1.165, 1.54) is 6.92 Å². The minimum absolute atomic E-state index is 0.317. The van der Waals surface area contributed by atoms with Gasteiger partial charge in [0.25, 0.3) is 5.91 Å². The zero-order valence-corrected chi connectivity index (χ0v) is 16.4. The van der Waals surface area contributed by atoms with E-state index in [2.05, 4.69) is 11.4 Å². The van der Waals surface area contributed by atoms with Crippen molar-refractivity contribution in [2.24, 2.45) is 0 Å². The Hall–Kier alpha value is -3.33. The predicted octanol–water partition coefficient (Wildman–Crippen LogP) is 4.37. The Kier molecular flexibility index (Phi) is 6.50. The van der Waals surface area contributed by atoms with Gasteiger partial charge in [0, 0.05) is 0 Å². The van der Waals surface area contributed by atoms with Gasteiger partial charge in [-0.15, -0.1) is 0 Å². The molecule has 6 nitrogen and oxygen atoms in total. The van der Waals surface area contributed by atoms with Crippen LogP contribution in [0.2, 0.25) is 0 Å². The monoisotopic (exact) mass is 392 g/mol. The number of para-hydroxylation sites is 1. The summed E-state index contributed by atoms with van der Waals surface area (Å²) >= 11 is 0. The van der Waals surface area contributed by atoms with E-state index in [9.17, 15) is 14.9 Å². The molecule has 3 rings (SSSR count). The summed E-state index contributed by atoms with van der Waals surface area (Å²) in [7, 11) is 0. The standard InChI is InChI=1S/C23H24N2O4/c1-17(21(26)25-23(16-24)14-6-3-7-15-23)28-22(27)18-10-12-20(13-11-18)29-19-8-4-2-5-9-19/h2,4-5,8-13,17H,3,6-7,14-15H2,1H3,(H,25,26). The first kappa shape index (κ1) is 20.4. The van der Waals surface area contributed by atoms with Crippen LogP contribution in [-0.4, -0.2) is 23.5 Å². The molecule has 1 fully saturated rings. The summed E-state index contributed by atoms with van der Waals surface area (Å²) in [5.74, 6) is 0.230. The Morgan fingerprint density at radius 1 is 1.00 bits per heavy atom. The number of hydrogen-bond donors (Lipinski definition) is 1. The van der Waals surface area contributed by atoms with E-state index >= 15 is 0 Å². The number of rotatable bonds is 6. The van der Waals surface area contributed by atoms with E-state index in [-0.39, 0.29) is 0 Å². The molecule has 1 amide bonds. The number of carbonyl (C=O) groups is 2. The van der Waals surface area contributed by atoms with E-state index in [1.807, 2.05) is 30.3 Å². The average molecular weight is 392 g/mol. The van der Waals surface area contributed by atoms with Gasteiger partial charge in [-0.2, -0.15) is 5.26 Å². The fourth-order valence-electron chi connectivity index (χ4n) is 3.32. The Bertz CT molecular complexity index is 881. The van der Waals surface area contributed by atoms with Crippen LogP contribution < -0.4 is 10.1 Å². The first-order valence-electron chi connectivity index (χ1n) is 9.79. The summed E-state index contributed by atoms with van der Waals surface area (Å²) in [6.45, 7) is 1.51. The molecule has 0 aromatic heterocycles. The Morgan fingerprint density at radius 3 is 2.24 bits per heavy atom. The lowest BCUT2D eigenvalue weighted by Gasteiger charge is -2.32. The first-order valence-corrected chi connectivity index (χ1v) is 9.79. The van der Waals surface area contributed by atoms with Crippen LogP contribution in [0.4, 0.5) is 0 Å². The average Bonchev–Trinajstić information content (AvgIpc) is 2.75. The van der Waals surface area contributed by atoms with Gasteiger partial charge in [0.05, 0.1) is 11.6 Å². The second-order valence-corrected chi connectivity index (χ2v) is 7.23. The number of nitrogens with zero attached hydrogens (tertiary/aromatic N) is 1. The number of nitriles is 1. The van der Waals surface area contributed by atoms with Crippen molar-refractivity contribution in [2.45, 2.75) is 50.7 Å². The van der Waals surface area contributed by atoms with Crippen molar-refractivity contribution in [3.8, 4) is 17.6 Å². The molecule has 2 aromatic carbocycles. The van der Waals surface area contributed by atoms with Gasteiger partial charge in [-0.3, -0.25) is 4.79 Å². The molecule has 0 bridgehead atoms. The van der Waals surface area contributed by atoms with Gasteiger partial charge in [0.15, 0.2) is 6.10 Å². The first-order chi connectivity index (χ1) is 14.0. The molecule has 29 heavy (non-hydrogen) atoms. The Labute approximate surface area is 170 Å². The molecule has 0 aliphatic heterocycles. The maximum absolute atomic E-state index is 12.4. The molecule has 0 spiro atoms. The van der Waals surface area contributed by atoms with Crippen LogP contribution in [0.15, 0.2) is 54.6 Å². The van der Waals surface area contributed by atoms with Crippen LogP contribution in [0.1, 0.15) is 49.4 Å². The lowest BCUT2D eigenvalue weighted by molar-refractivity contribution is -0.130. The molecule has 1 N–H and O–H groups in total. The molecule has 0 saturated heterocycles. The third kappa shape index (κ3) is 5.35. The van der Waals surface area contributed by atoms with Gasteiger partial charge in [-0.05, 0) is 56.2 Å². The topological polar surface area (TPSA) is 88.4 Å². The highest BCUT2D eigenvalue weighted by Gasteiger charge is 2.35. The maximum Gasteiger partial charge on any atom is 0.338 e. The van der Waals surface area contributed by atoms with Crippen molar-refractivity contribution in [3.63, 3.8) is 0 Å². The van der Waals surface area contributed by atoms with Crippen molar-refractivity contribution >= 4 is 11.9 Å². The number of carbonyl (C=O) groups excluding carboxylic acids is 2. The third-order valence-electron chi connectivity index (χ3n) is 5.01. The smallest absolute Gasteiger partial charge is 0.338 e. The highest BCUT2D eigenvalue weighted by atomic mass is 16.5. The van der Waals surface area contributed by atoms with E-state index in [4.69, 9.17) is 9.47 Å². The number of nitrogens with one attached hydrogen (secondary N) is 1. The van der Waals surface area contributed by atoms with Crippen LogP contribution in [0, 0.1) is 11.3 Å². The van der Waals surface area contributed by atoms with E-state index in [1.54, 1.807) is 24.3 Å².